The molecule has 0 bridgehead atoms. The van der Waals surface area contributed by atoms with Gasteiger partial charge in [0.15, 0.2) is 0 Å². The van der Waals surface area contributed by atoms with Crippen LogP contribution in [0.3, 0.4) is 0 Å². The van der Waals surface area contributed by atoms with E-state index < -0.39 is 0 Å². The lowest BCUT2D eigenvalue weighted by atomic mass is 9.79. The van der Waals surface area contributed by atoms with Crippen LogP contribution in [0.15, 0.2) is 127 Å². The molecule has 0 saturated heterocycles. The predicted molar refractivity (Wildman–Crippen MR) is 178 cm³/mol. The summed E-state index contributed by atoms with van der Waals surface area (Å²) >= 11 is 1.93. The molecule has 41 heavy (non-hydrogen) atoms. The summed E-state index contributed by atoms with van der Waals surface area (Å²) in [7, 11) is 0. The molecule has 4 aromatic carbocycles. The van der Waals surface area contributed by atoms with Crippen LogP contribution in [0.2, 0.25) is 0 Å². The van der Waals surface area contributed by atoms with Gasteiger partial charge in [-0.1, -0.05) is 105 Å². The fourth-order valence-corrected chi connectivity index (χ4v) is 8.48. The molecule has 2 heteroatoms. The minimum atomic E-state index is 0.00335. The van der Waals surface area contributed by atoms with Gasteiger partial charge in [0.05, 0.1) is 0 Å². The third-order valence-electron chi connectivity index (χ3n) is 9.27. The Morgan fingerprint density at radius 2 is 1.63 bits per heavy atom. The van der Waals surface area contributed by atoms with Gasteiger partial charge >= 0.3 is 0 Å². The Kier molecular flexibility index (Phi) is 5.69. The maximum absolute atomic E-state index is 3.91. The van der Waals surface area contributed by atoms with Gasteiger partial charge in [-0.3, -0.25) is 0 Å². The summed E-state index contributed by atoms with van der Waals surface area (Å²) < 4.78 is 2.78. The SMILES string of the molecule is CC1(C)C2=C(CCC=C2)c2cc(-c3ccccc3)c(NC3=CC(c4cccc5c4sc4ccccc45)CC=C3)cc21. The van der Waals surface area contributed by atoms with Gasteiger partial charge in [-0.25, -0.2) is 0 Å². The van der Waals surface area contributed by atoms with Crippen molar-refractivity contribution >= 4 is 42.8 Å². The number of allylic oxidation sites excluding steroid dienone is 7. The normalized spacial score (nSPS) is 19.0. The lowest BCUT2D eigenvalue weighted by Crippen LogP contribution is -2.17. The molecular weight excluding hydrogens is 515 g/mol. The lowest BCUT2D eigenvalue weighted by molar-refractivity contribution is 0.651. The number of nitrogens with one attached hydrogen (secondary N) is 1. The molecule has 3 aliphatic carbocycles. The van der Waals surface area contributed by atoms with E-state index in [1.54, 1.807) is 0 Å². The second-order valence-electron chi connectivity index (χ2n) is 12.1. The molecule has 8 rings (SSSR count). The number of hydrogen-bond acceptors (Lipinski definition) is 2. The summed E-state index contributed by atoms with van der Waals surface area (Å²) in [5, 5.41) is 6.65. The summed E-state index contributed by atoms with van der Waals surface area (Å²) in [6.07, 6.45) is 15.0. The zero-order valence-electron chi connectivity index (χ0n) is 23.6. The highest BCUT2D eigenvalue weighted by molar-refractivity contribution is 7.26. The number of anilines is 1. The van der Waals surface area contributed by atoms with Crippen LogP contribution < -0.4 is 5.32 Å². The van der Waals surface area contributed by atoms with Gasteiger partial charge < -0.3 is 5.32 Å². The second-order valence-corrected chi connectivity index (χ2v) is 13.1. The van der Waals surface area contributed by atoms with E-state index in [0.29, 0.717) is 5.92 Å². The molecule has 0 radical (unpaired) electrons. The first kappa shape index (κ1) is 24.6. The zero-order valence-corrected chi connectivity index (χ0v) is 24.4. The monoisotopic (exact) mass is 547 g/mol. The van der Waals surface area contributed by atoms with E-state index in [1.807, 2.05) is 11.3 Å². The van der Waals surface area contributed by atoms with Crippen molar-refractivity contribution in [3.63, 3.8) is 0 Å². The smallest absolute Gasteiger partial charge is 0.0467 e. The summed E-state index contributed by atoms with van der Waals surface area (Å²) in [5.74, 6) is 0.337. The fourth-order valence-electron chi connectivity index (χ4n) is 7.20. The van der Waals surface area contributed by atoms with Crippen molar-refractivity contribution in [2.24, 2.45) is 0 Å². The van der Waals surface area contributed by atoms with Crippen LogP contribution in [-0.4, -0.2) is 0 Å². The average molecular weight is 548 g/mol. The first-order valence-corrected chi connectivity index (χ1v) is 15.6. The maximum Gasteiger partial charge on any atom is 0.0467 e. The Morgan fingerprint density at radius 1 is 0.805 bits per heavy atom. The van der Waals surface area contributed by atoms with E-state index >= 15 is 0 Å². The summed E-state index contributed by atoms with van der Waals surface area (Å²) in [5.41, 5.74) is 12.2. The van der Waals surface area contributed by atoms with Crippen LogP contribution in [0.4, 0.5) is 5.69 Å². The standard InChI is InChI=1S/C39H33NS/c1-39(2)34-20-8-6-16-29(34)33-23-32(25-12-4-3-5-13-25)36(24-35(33)39)40-27-15-10-14-26(22-27)28-18-11-19-31-30-17-7-9-21-37(30)41-38(28)31/h3-5,7-13,15,17-24,26,40H,6,14,16H2,1-2H3. The van der Waals surface area contributed by atoms with Crippen LogP contribution in [0.5, 0.6) is 0 Å². The second kappa shape index (κ2) is 9.46. The first-order valence-electron chi connectivity index (χ1n) is 14.8. The predicted octanol–water partition coefficient (Wildman–Crippen LogP) is 11.2. The van der Waals surface area contributed by atoms with Gasteiger partial charge in [-0.15, -0.1) is 11.3 Å². The molecule has 200 valence electrons. The van der Waals surface area contributed by atoms with Crippen molar-refractivity contribution in [3.05, 3.63) is 143 Å². The largest absolute Gasteiger partial charge is 0.355 e. The van der Waals surface area contributed by atoms with E-state index in [1.165, 1.54) is 70.5 Å². The Labute approximate surface area is 246 Å². The highest BCUT2D eigenvalue weighted by Gasteiger charge is 2.38. The molecule has 1 unspecified atom stereocenters. The highest BCUT2D eigenvalue weighted by atomic mass is 32.1. The maximum atomic E-state index is 3.91. The first-order chi connectivity index (χ1) is 20.1. The number of rotatable bonds is 4. The Morgan fingerprint density at radius 3 is 2.54 bits per heavy atom. The zero-order chi connectivity index (χ0) is 27.6. The quantitative estimate of drug-likeness (QED) is 0.236. The number of hydrogen-bond donors (Lipinski definition) is 1. The number of benzene rings is 4. The molecule has 0 amide bonds. The van der Waals surface area contributed by atoms with Gasteiger partial charge in [-0.2, -0.15) is 0 Å². The lowest BCUT2D eigenvalue weighted by Gasteiger charge is -2.26. The molecule has 1 N–H and O–H groups in total. The summed E-state index contributed by atoms with van der Waals surface area (Å²) in [6, 6.07) is 31.4. The van der Waals surface area contributed by atoms with Crippen molar-refractivity contribution in [2.45, 2.75) is 44.4 Å². The molecule has 0 spiro atoms. The topological polar surface area (TPSA) is 12.0 Å². The van der Waals surface area contributed by atoms with Crippen LogP contribution in [0, 0.1) is 0 Å². The van der Waals surface area contributed by atoms with E-state index in [9.17, 15) is 0 Å². The van der Waals surface area contributed by atoms with E-state index in [4.69, 9.17) is 0 Å². The van der Waals surface area contributed by atoms with E-state index in [2.05, 4.69) is 134 Å². The minimum Gasteiger partial charge on any atom is -0.355 e. The van der Waals surface area contributed by atoms with Gasteiger partial charge in [0.25, 0.3) is 0 Å². The molecule has 1 nitrogen and oxygen atoms in total. The Hall–Kier alpha value is -4.14. The van der Waals surface area contributed by atoms with Crippen molar-refractivity contribution in [2.75, 3.05) is 5.32 Å². The Balaban J connectivity index is 1.22. The molecule has 1 aromatic heterocycles. The van der Waals surface area contributed by atoms with Crippen LogP contribution in [-0.2, 0) is 5.41 Å². The molecule has 5 aromatic rings. The van der Waals surface area contributed by atoms with Crippen molar-refractivity contribution < 1.29 is 0 Å². The van der Waals surface area contributed by atoms with Crippen LogP contribution >= 0.6 is 11.3 Å². The Bertz CT molecular complexity index is 1960. The van der Waals surface area contributed by atoms with E-state index in [-0.39, 0.29) is 5.41 Å². The molecular formula is C39H33NS. The third kappa shape index (κ3) is 3.96. The van der Waals surface area contributed by atoms with Crippen molar-refractivity contribution in [3.8, 4) is 11.1 Å². The number of thiophene rings is 1. The molecule has 0 aliphatic heterocycles. The highest BCUT2D eigenvalue weighted by Crippen LogP contribution is 2.52. The summed E-state index contributed by atoms with van der Waals surface area (Å²) in [6.45, 7) is 4.77. The van der Waals surface area contributed by atoms with Gasteiger partial charge in [-0.05, 0) is 76.9 Å². The van der Waals surface area contributed by atoms with Gasteiger partial charge in [0, 0.05) is 48.5 Å². The summed E-state index contributed by atoms with van der Waals surface area (Å²) in [4.78, 5) is 0. The van der Waals surface area contributed by atoms with Crippen molar-refractivity contribution in [1.29, 1.82) is 0 Å². The van der Waals surface area contributed by atoms with Crippen molar-refractivity contribution in [1.82, 2.24) is 0 Å². The molecule has 0 saturated carbocycles. The molecule has 1 atom stereocenters. The average Bonchev–Trinajstić information content (AvgIpc) is 3.50. The van der Waals surface area contributed by atoms with Crippen LogP contribution in [0.1, 0.15) is 55.7 Å². The molecule has 3 aliphatic rings. The van der Waals surface area contributed by atoms with E-state index in [0.717, 1.165) is 19.3 Å². The van der Waals surface area contributed by atoms with Crippen LogP contribution in [0.25, 0.3) is 36.9 Å². The van der Waals surface area contributed by atoms with Gasteiger partial charge in [0.2, 0.25) is 0 Å². The molecule has 1 heterocycles. The third-order valence-corrected chi connectivity index (χ3v) is 10.5. The minimum absolute atomic E-state index is 0.00335. The molecule has 0 fully saturated rings. The van der Waals surface area contributed by atoms with Gasteiger partial charge in [0.1, 0.15) is 0 Å². The fraction of sp³-hybridized carbons (Fsp3) is 0.179. The number of fused-ring (bicyclic) bond motifs is 5.